The number of nitro groups is 1. The number of carbonyl (C=O) groups excluding carboxylic acids is 1. The van der Waals surface area contributed by atoms with Crippen LogP contribution in [0, 0.1) is 10.1 Å². The minimum absolute atomic E-state index is 0.00950. The van der Waals surface area contributed by atoms with Gasteiger partial charge in [-0.1, -0.05) is 41.7 Å². The quantitative estimate of drug-likeness (QED) is 0.349. The maximum Gasteiger partial charge on any atom is 0.269 e. The first-order chi connectivity index (χ1) is 13.6. The highest BCUT2D eigenvalue weighted by molar-refractivity contribution is 7.15. The van der Waals surface area contributed by atoms with Crippen molar-refractivity contribution in [1.82, 2.24) is 10.2 Å². The Balaban J connectivity index is 1.47. The number of amides is 1. The second kappa shape index (κ2) is 9.52. The molecule has 0 bridgehead atoms. The normalized spacial score (nSPS) is 10.9. The van der Waals surface area contributed by atoms with Crippen LogP contribution in [0.25, 0.3) is 6.08 Å². The van der Waals surface area contributed by atoms with E-state index in [1.54, 1.807) is 18.2 Å². The standard InChI is InChI=1S/C20H18N4O3S/c25-18(14-11-16-9-12-17(13-10-16)24(26)27)21-20-23-22-19(28-20)8-4-7-15-5-2-1-3-6-15/h1-3,5-6,9-14H,4,7-8H2,(H,21,23,25)/b14-11+. The summed E-state index contributed by atoms with van der Waals surface area (Å²) in [6.45, 7) is 0. The lowest BCUT2D eigenvalue weighted by molar-refractivity contribution is -0.384. The van der Waals surface area contributed by atoms with Gasteiger partial charge in [-0.3, -0.25) is 20.2 Å². The Kier molecular flexibility index (Phi) is 6.59. The number of nitro benzene ring substituents is 1. The molecule has 142 valence electrons. The fraction of sp³-hybridized carbons (Fsp3) is 0.150. The SMILES string of the molecule is O=C(/C=C/c1ccc([N+](=O)[O-])cc1)Nc1nnc(CCCc2ccccc2)s1. The van der Waals surface area contributed by atoms with Crippen molar-refractivity contribution >= 4 is 34.1 Å². The summed E-state index contributed by atoms with van der Waals surface area (Å²) in [5, 5.41) is 22.8. The monoisotopic (exact) mass is 394 g/mol. The lowest BCUT2D eigenvalue weighted by Crippen LogP contribution is -2.07. The van der Waals surface area contributed by atoms with Crippen molar-refractivity contribution in [2.45, 2.75) is 19.3 Å². The molecule has 8 heteroatoms. The molecule has 7 nitrogen and oxygen atoms in total. The van der Waals surface area contributed by atoms with Crippen LogP contribution in [0.3, 0.4) is 0 Å². The van der Waals surface area contributed by atoms with Crippen LogP contribution in [0.4, 0.5) is 10.8 Å². The van der Waals surface area contributed by atoms with Gasteiger partial charge < -0.3 is 0 Å². The largest absolute Gasteiger partial charge is 0.297 e. The molecule has 1 amide bonds. The Morgan fingerprint density at radius 2 is 1.82 bits per heavy atom. The molecule has 1 aromatic heterocycles. The Hall–Kier alpha value is -3.39. The number of carbonyl (C=O) groups is 1. The van der Waals surface area contributed by atoms with Gasteiger partial charge in [0.1, 0.15) is 5.01 Å². The highest BCUT2D eigenvalue weighted by Crippen LogP contribution is 2.18. The Morgan fingerprint density at radius 1 is 1.07 bits per heavy atom. The first kappa shape index (κ1) is 19.4. The lowest BCUT2D eigenvalue weighted by Gasteiger charge is -1.98. The summed E-state index contributed by atoms with van der Waals surface area (Å²) in [6, 6.07) is 16.2. The van der Waals surface area contributed by atoms with E-state index in [0.29, 0.717) is 10.7 Å². The zero-order chi connectivity index (χ0) is 19.8. The van der Waals surface area contributed by atoms with E-state index in [-0.39, 0.29) is 11.6 Å². The summed E-state index contributed by atoms with van der Waals surface area (Å²) >= 11 is 1.36. The van der Waals surface area contributed by atoms with Crippen molar-refractivity contribution < 1.29 is 9.72 Å². The van der Waals surface area contributed by atoms with Gasteiger partial charge in [0.25, 0.3) is 5.69 Å². The summed E-state index contributed by atoms with van der Waals surface area (Å²) in [5.74, 6) is -0.328. The van der Waals surface area contributed by atoms with E-state index in [4.69, 9.17) is 0 Å². The molecule has 28 heavy (non-hydrogen) atoms. The van der Waals surface area contributed by atoms with Crippen LogP contribution in [0.15, 0.2) is 60.7 Å². The van der Waals surface area contributed by atoms with E-state index in [9.17, 15) is 14.9 Å². The molecule has 2 aromatic carbocycles. The van der Waals surface area contributed by atoms with Gasteiger partial charge in [0.15, 0.2) is 0 Å². The van der Waals surface area contributed by atoms with Gasteiger partial charge in [-0.25, -0.2) is 0 Å². The predicted octanol–water partition coefficient (Wildman–Crippen LogP) is 4.27. The number of anilines is 1. The smallest absolute Gasteiger partial charge is 0.269 e. The van der Waals surface area contributed by atoms with E-state index in [1.165, 1.54) is 35.1 Å². The van der Waals surface area contributed by atoms with Crippen molar-refractivity contribution in [3.05, 3.63) is 86.9 Å². The van der Waals surface area contributed by atoms with Gasteiger partial charge in [0, 0.05) is 24.6 Å². The van der Waals surface area contributed by atoms with Gasteiger partial charge in [0.05, 0.1) is 4.92 Å². The Morgan fingerprint density at radius 3 is 2.54 bits per heavy atom. The van der Waals surface area contributed by atoms with Crippen molar-refractivity contribution in [1.29, 1.82) is 0 Å². The molecule has 3 aromatic rings. The number of rotatable bonds is 8. The minimum Gasteiger partial charge on any atom is -0.297 e. The second-order valence-electron chi connectivity index (χ2n) is 6.01. The van der Waals surface area contributed by atoms with Crippen LogP contribution >= 0.6 is 11.3 Å². The summed E-state index contributed by atoms with van der Waals surface area (Å²) in [5.41, 5.74) is 1.99. The molecule has 1 N–H and O–H groups in total. The van der Waals surface area contributed by atoms with Gasteiger partial charge in [0.2, 0.25) is 11.0 Å². The molecule has 0 atom stereocenters. The number of non-ortho nitro benzene ring substituents is 1. The molecule has 0 saturated carbocycles. The summed E-state index contributed by atoms with van der Waals surface area (Å²) in [4.78, 5) is 22.2. The van der Waals surface area contributed by atoms with Gasteiger partial charge in [-0.05, 0) is 42.2 Å². The fourth-order valence-electron chi connectivity index (χ4n) is 2.52. The molecule has 0 aliphatic carbocycles. The summed E-state index contributed by atoms with van der Waals surface area (Å²) < 4.78 is 0. The molecule has 0 fully saturated rings. The average Bonchev–Trinajstić information content (AvgIpc) is 3.14. The summed E-state index contributed by atoms with van der Waals surface area (Å²) in [6.07, 6.45) is 5.69. The van der Waals surface area contributed by atoms with Crippen LogP contribution in [-0.2, 0) is 17.6 Å². The van der Waals surface area contributed by atoms with Crippen LogP contribution in [0.1, 0.15) is 22.6 Å². The topological polar surface area (TPSA) is 98.0 Å². The minimum atomic E-state index is -0.465. The molecule has 0 unspecified atom stereocenters. The van der Waals surface area contributed by atoms with E-state index in [2.05, 4.69) is 27.6 Å². The van der Waals surface area contributed by atoms with Gasteiger partial charge >= 0.3 is 0 Å². The Bertz CT molecular complexity index is 969. The molecule has 0 aliphatic heterocycles. The van der Waals surface area contributed by atoms with Crippen molar-refractivity contribution in [3.63, 3.8) is 0 Å². The molecular weight excluding hydrogens is 376 g/mol. The molecule has 0 radical (unpaired) electrons. The molecule has 0 spiro atoms. The van der Waals surface area contributed by atoms with E-state index < -0.39 is 4.92 Å². The van der Waals surface area contributed by atoms with E-state index in [1.807, 2.05) is 18.2 Å². The molecule has 0 aliphatic rings. The third-order valence-electron chi connectivity index (χ3n) is 3.93. The van der Waals surface area contributed by atoms with Gasteiger partial charge in [-0.2, -0.15) is 0 Å². The summed E-state index contributed by atoms with van der Waals surface area (Å²) in [7, 11) is 0. The van der Waals surface area contributed by atoms with E-state index >= 15 is 0 Å². The van der Waals surface area contributed by atoms with Crippen molar-refractivity contribution in [3.8, 4) is 0 Å². The predicted molar refractivity (Wildman–Crippen MR) is 109 cm³/mol. The van der Waals surface area contributed by atoms with Crippen LogP contribution < -0.4 is 5.32 Å². The Labute approximate surface area is 165 Å². The fourth-order valence-corrected chi connectivity index (χ4v) is 3.30. The third-order valence-corrected chi connectivity index (χ3v) is 4.83. The van der Waals surface area contributed by atoms with Crippen LogP contribution in [-0.4, -0.2) is 21.0 Å². The maximum absolute atomic E-state index is 12.0. The number of hydrogen-bond donors (Lipinski definition) is 1. The zero-order valence-electron chi connectivity index (χ0n) is 14.9. The molecule has 3 rings (SSSR count). The first-order valence-electron chi connectivity index (χ1n) is 8.70. The average molecular weight is 394 g/mol. The molecule has 1 heterocycles. The van der Waals surface area contributed by atoms with Gasteiger partial charge in [-0.15, -0.1) is 10.2 Å². The second-order valence-corrected chi connectivity index (χ2v) is 7.07. The van der Waals surface area contributed by atoms with Crippen molar-refractivity contribution in [2.75, 3.05) is 5.32 Å². The van der Waals surface area contributed by atoms with Crippen LogP contribution in [0.5, 0.6) is 0 Å². The lowest BCUT2D eigenvalue weighted by atomic mass is 10.1. The molecular formula is C20H18N4O3S. The number of nitrogens with zero attached hydrogens (tertiary/aromatic N) is 3. The van der Waals surface area contributed by atoms with Crippen LogP contribution in [0.2, 0.25) is 0 Å². The maximum atomic E-state index is 12.0. The highest BCUT2D eigenvalue weighted by Gasteiger charge is 2.07. The zero-order valence-corrected chi connectivity index (χ0v) is 15.8. The number of nitrogens with one attached hydrogen (secondary N) is 1. The number of aromatic nitrogens is 2. The number of aryl methyl sites for hydroxylation is 2. The first-order valence-corrected chi connectivity index (χ1v) is 9.51. The molecule has 0 saturated heterocycles. The van der Waals surface area contributed by atoms with Crippen molar-refractivity contribution in [2.24, 2.45) is 0 Å². The van der Waals surface area contributed by atoms with E-state index in [0.717, 1.165) is 24.3 Å². The highest BCUT2D eigenvalue weighted by atomic mass is 32.1. The third kappa shape index (κ3) is 5.82. The number of hydrogen-bond acceptors (Lipinski definition) is 6. The number of benzene rings is 2.